The van der Waals surface area contributed by atoms with Crippen molar-refractivity contribution in [3.63, 3.8) is 0 Å². The fourth-order valence-electron chi connectivity index (χ4n) is 3.52. The molecule has 27 heavy (non-hydrogen) atoms. The largest absolute Gasteiger partial charge is 0.382 e. The maximum absolute atomic E-state index is 11.9. The topological polar surface area (TPSA) is 74.8 Å². The highest BCUT2D eigenvalue weighted by molar-refractivity contribution is 14.0. The molecule has 1 fully saturated rings. The van der Waals surface area contributed by atoms with Crippen LogP contribution < -0.4 is 16.0 Å². The lowest BCUT2D eigenvalue weighted by atomic mass is 9.90. The molecule has 1 aliphatic carbocycles. The molecule has 1 saturated carbocycles. The number of nitrogens with zero attached hydrogens (tertiary/aromatic N) is 1. The zero-order valence-corrected chi connectivity index (χ0v) is 18.5. The molecule has 0 bridgehead atoms. The number of guanidine groups is 1. The predicted molar refractivity (Wildman–Crippen MR) is 120 cm³/mol. The number of benzene rings is 1. The third-order valence-electron chi connectivity index (χ3n) is 5.41. The number of rotatable bonds is 8. The van der Waals surface area contributed by atoms with Crippen LogP contribution in [0.3, 0.4) is 0 Å². The molecule has 0 aromatic heterocycles. The number of hydrogen-bond donors (Lipinski definition) is 3. The first-order valence-electron chi connectivity index (χ1n) is 9.57. The zero-order valence-electron chi connectivity index (χ0n) is 16.2. The van der Waals surface area contributed by atoms with Crippen molar-refractivity contribution in [2.45, 2.75) is 38.5 Å². The molecule has 3 rings (SSSR count). The molecule has 1 amide bonds. The number of hydrogen-bond acceptors (Lipinski definition) is 3. The highest BCUT2D eigenvalue weighted by Crippen LogP contribution is 2.48. The van der Waals surface area contributed by atoms with E-state index >= 15 is 0 Å². The molecule has 0 saturated heterocycles. The smallest absolute Gasteiger partial charge is 0.225 e. The number of carbonyl (C=O) groups excluding carboxylic acids is 1. The Hall–Kier alpha value is -1.35. The Bertz CT molecular complexity index is 661. The molecular formula is C20H31IN4O2. The second-order valence-electron chi connectivity index (χ2n) is 7.29. The SMILES string of the molecule is CCOCCC1(CNC(=NC)NCC2CC(=O)Nc3ccccc32)CC1.I. The van der Waals surface area contributed by atoms with Gasteiger partial charge in [0, 0.05) is 51.4 Å². The van der Waals surface area contributed by atoms with E-state index in [1.165, 1.54) is 18.4 Å². The van der Waals surface area contributed by atoms with Crippen LogP contribution in [0.25, 0.3) is 0 Å². The van der Waals surface area contributed by atoms with Crippen LogP contribution in [0.2, 0.25) is 0 Å². The van der Waals surface area contributed by atoms with Crippen LogP contribution in [-0.2, 0) is 9.53 Å². The van der Waals surface area contributed by atoms with Crippen LogP contribution >= 0.6 is 24.0 Å². The average molecular weight is 486 g/mol. The quantitative estimate of drug-likeness (QED) is 0.229. The summed E-state index contributed by atoms with van der Waals surface area (Å²) >= 11 is 0. The van der Waals surface area contributed by atoms with Crippen LogP contribution in [0.1, 0.15) is 44.1 Å². The molecule has 7 heteroatoms. The van der Waals surface area contributed by atoms with Crippen LogP contribution in [-0.4, -0.2) is 45.2 Å². The Morgan fingerprint density at radius 1 is 1.33 bits per heavy atom. The maximum atomic E-state index is 11.9. The standard InChI is InChI=1S/C20H30N4O2.HI/c1-3-26-11-10-20(8-9-20)14-23-19(21-2)22-13-15-12-18(25)24-17-7-5-4-6-16(15)17;/h4-7,15H,3,8-14H2,1-2H3,(H,24,25)(H2,21,22,23);1H. The van der Waals surface area contributed by atoms with E-state index in [0.717, 1.165) is 37.8 Å². The van der Waals surface area contributed by atoms with Gasteiger partial charge < -0.3 is 20.7 Å². The lowest BCUT2D eigenvalue weighted by Gasteiger charge is -2.26. The van der Waals surface area contributed by atoms with Crippen LogP contribution in [0.5, 0.6) is 0 Å². The van der Waals surface area contributed by atoms with Crippen molar-refractivity contribution in [3.8, 4) is 0 Å². The zero-order chi connectivity index (χ0) is 18.4. The Labute approximate surface area is 178 Å². The van der Waals surface area contributed by atoms with Crippen molar-refractivity contribution in [3.05, 3.63) is 29.8 Å². The minimum absolute atomic E-state index is 0. The first-order valence-corrected chi connectivity index (χ1v) is 9.57. The van der Waals surface area contributed by atoms with Crippen molar-refractivity contribution in [1.82, 2.24) is 10.6 Å². The van der Waals surface area contributed by atoms with E-state index < -0.39 is 0 Å². The Kier molecular flexibility index (Phi) is 8.34. The van der Waals surface area contributed by atoms with E-state index in [9.17, 15) is 4.79 Å². The number of halogens is 1. The van der Waals surface area contributed by atoms with Gasteiger partial charge in [-0.3, -0.25) is 9.79 Å². The summed E-state index contributed by atoms with van der Waals surface area (Å²) in [7, 11) is 1.79. The Morgan fingerprint density at radius 2 is 2.11 bits per heavy atom. The summed E-state index contributed by atoms with van der Waals surface area (Å²) in [4.78, 5) is 16.3. The van der Waals surface area contributed by atoms with E-state index in [4.69, 9.17) is 4.74 Å². The highest BCUT2D eigenvalue weighted by Gasteiger charge is 2.42. The van der Waals surface area contributed by atoms with Gasteiger partial charge in [-0.05, 0) is 43.2 Å². The van der Waals surface area contributed by atoms with Gasteiger partial charge in [-0.2, -0.15) is 0 Å². The number of nitrogens with one attached hydrogen (secondary N) is 3. The van der Waals surface area contributed by atoms with Crippen molar-refractivity contribution in [2.75, 3.05) is 38.7 Å². The summed E-state index contributed by atoms with van der Waals surface area (Å²) in [5.41, 5.74) is 2.47. The fourth-order valence-corrected chi connectivity index (χ4v) is 3.52. The van der Waals surface area contributed by atoms with Gasteiger partial charge in [0.05, 0.1) is 0 Å². The first kappa shape index (κ1) is 21.9. The number of amides is 1. The van der Waals surface area contributed by atoms with Crippen LogP contribution in [0.4, 0.5) is 5.69 Å². The second-order valence-corrected chi connectivity index (χ2v) is 7.29. The average Bonchev–Trinajstić information content (AvgIpc) is 3.42. The molecule has 0 spiro atoms. The van der Waals surface area contributed by atoms with Gasteiger partial charge in [0.15, 0.2) is 5.96 Å². The van der Waals surface area contributed by atoms with E-state index in [1.807, 2.05) is 25.1 Å². The molecule has 1 atom stereocenters. The molecule has 1 unspecified atom stereocenters. The molecule has 1 aliphatic heterocycles. The van der Waals surface area contributed by atoms with Gasteiger partial charge in [-0.1, -0.05) is 18.2 Å². The predicted octanol–water partition coefficient (Wildman–Crippen LogP) is 3.10. The van der Waals surface area contributed by atoms with Crippen LogP contribution in [0, 0.1) is 5.41 Å². The normalized spacial score (nSPS) is 20.1. The lowest BCUT2D eigenvalue weighted by Crippen LogP contribution is -2.43. The molecule has 1 aromatic rings. The van der Waals surface area contributed by atoms with Gasteiger partial charge in [0.2, 0.25) is 5.91 Å². The second kappa shape index (κ2) is 10.3. The van der Waals surface area contributed by atoms with E-state index in [0.29, 0.717) is 18.4 Å². The van der Waals surface area contributed by atoms with Gasteiger partial charge in [-0.25, -0.2) is 0 Å². The third-order valence-corrected chi connectivity index (χ3v) is 5.41. The molecule has 1 aromatic carbocycles. The molecule has 1 heterocycles. The minimum atomic E-state index is 0. The number of anilines is 1. The van der Waals surface area contributed by atoms with Gasteiger partial charge in [0.1, 0.15) is 0 Å². The molecule has 0 radical (unpaired) electrons. The number of fused-ring (bicyclic) bond motifs is 1. The van der Waals surface area contributed by atoms with Crippen LogP contribution in [0.15, 0.2) is 29.3 Å². The summed E-state index contributed by atoms with van der Waals surface area (Å²) in [6, 6.07) is 8.02. The maximum Gasteiger partial charge on any atom is 0.225 e. The van der Waals surface area contributed by atoms with E-state index in [-0.39, 0.29) is 35.8 Å². The summed E-state index contributed by atoms with van der Waals surface area (Å²) in [6.07, 6.45) is 4.10. The Morgan fingerprint density at radius 3 is 2.81 bits per heavy atom. The molecule has 2 aliphatic rings. The summed E-state index contributed by atoms with van der Waals surface area (Å²) in [5.74, 6) is 1.04. The number of ether oxygens (including phenoxy) is 1. The monoisotopic (exact) mass is 486 g/mol. The van der Waals surface area contributed by atoms with Crippen molar-refractivity contribution >= 4 is 41.5 Å². The molecule has 6 nitrogen and oxygen atoms in total. The molecular weight excluding hydrogens is 455 g/mol. The van der Waals surface area contributed by atoms with Crippen molar-refractivity contribution in [2.24, 2.45) is 10.4 Å². The third kappa shape index (κ3) is 6.07. The summed E-state index contributed by atoms with van der Waals surface area (Å²) in [6.45, 7) is 5.26. The van der Waals surface area contributed by atoms with E-state index in [1.54, 1.807) is 7.05 Å². The fraction of sp³-hybridized carbons (Fsp3) is 0.600. The van der Waals surface area contributed by atoms with Crippen molar-refractivity contribution < 1.29 is 9.53 Å². The minimum Gasteiger partial charge on any atom is -0.382 e. The van der Waals surface area contributed by atoms with E-state index in [2.05, 4.69) is 27.0 Å². The Balaban J connectivity index is 0.00000261. The lowest BCUT2D eigenvalue weighted by molar-refractivity contribution is -0.116. The van der Waals surface area contributed by atoms with Gasteiger partial charge in [-0.15, -0.1) is 24.0 Å². The summed E-state index contributed by atoms with van der Waals surface area (Å²) < 4.78 is 5.50. The molecule has 150 valence electrons. The number of para-hydroxylation sites is 1. The first-order chi connectivity index (χ1) is 12.7. The van der Waals surface area contributed by atoms with Crippen molar-refractivity contribution in [1.29, 1.82) is 0 Å². The van der Waals surface area contributed by atoms with Gasteiger partial charge >= 0.3 is 0 Å². The summed E-state index contributed by atoms with van der Waals surface area (Å²) in [5, 5.41) is 9.80. The molecule has 3 N–H and O–H groups in total. The van der Waals surface area contributed by atoms with Gasteiger partial charge in [0.25, 0.3) is 0 Å². The number of carbonyl (C=O) groups is 1. The number of aliphatic imine (C=N–C) groups is 1. The highest BCUT2D eigenvalue weighted by atomic mass is 127.